The largest absolute Gasteiger partial charge is 0.370 e. The van der Waals surface area contributed by atoms with Gasteiger partial charge in [-0.1, -0.05) is 103 Å². The Bertz CT molecular complexity index is 950. The van der Waals surface area contributed by atoms with E-state index in [0.717, 1.165) is 155 Å². The van der Waals surface area contributed by atoms with Crippen LogP contribution in [0.15, 0.2) is 20.0 Å². The molecule has 0 aliphatic rings. The molecular formula is C41H88N14O. The zero-order chi connectivity index (χ0) is 41.3. The number of nitrogens with one attached hydrogen (secondary N) is 2. The quantitative estimate of drug-likeness (QED) is 0.0224. The highest BCUT2D eigenvalue weighted by molar-refractivity contribution is 5.78. The fourth-order valence-corrected chi connectivity index (χ4v) is 6.58. The number of nitrogens with zero attached hydrogens (tertiary/aromatic N) is 6. The summed E-state index contributed by atoms with van der Waals surface area (Å²) in [6, 6.07) is 0.228. The lowest BCUT2D eigenvalue weighted by Crippen LogP contribution is -2.45. The molecule has 0 atom stereocenters. The highest BCUT2D eigenvalue weighted by Crippen LogP contribution is 2.15. The molecule has 0 aromatic heterocycles. The molecule has 328 valence electrons. The Hall–Kier alpha value is -3.65. The van der Waals surface area contributed by atoms with Crippen molar-refractivity contribution in [2.24, 2.45) is 54.4 Å². The summed E-state index contributed by atoms with van der Waals surface area (Å²) >= 11 is 0. The zero-order valence-electron chi connectivity index (χ0n) is 36.1. The Morgan fingerprint density at radius 3 is 0.857 bits per heavy atom. The minimum Gasteiger partial charge on any atom is -0.370 e. The van der Waals surface area contributed by atoms with Gasteiger partial charge in [-0.2, -0.15) is 0 Å². The summed E-state index contributed by atoms with van der Waals surface area (Å²) in [4.78, 5) is 35.5. The second kappa shape index (κ2) is 39.6. The lowest BCUT2D eigenvalue weighted by Gasteiger charge is -2.31. The van der Waals surface area contributed by atoms with Crippen LogP contribution in [-0.2, 0) is 0 Å². The van der Waals surface area contributed by atoms with Crippen LogP contribution < -0.4 is 45.0 Å². The van der Waals surface area contributed by atoms with E-state index in [1.165, 1.54) is 51.4 Å². The van der Waals surface area contributed by atoms with Crippen LogP contribution in [0.25, 0.3) is 0 Å². The summed E-state index contributed by atoms with van der Waals surface area (Å²) in [6.45, 7) is 11.9. The molecular weight excluding hydrogens is 705 g/mol. The molecule has 56 heavy (non-hydrogen) atoms. The van der Waals surface area contributed by atoms with Crippen molar-refractivity contribution in [2.75, 3.05) is 65.4 Å². The van der Waals surface area contributed by atoms with Crippen LogP contribution in [-0.4, -0.2) is 105 Å². The number of carbonyl (C=O) groups excluding carboxylic acids is 1. The van der Waals surface area contributed by atoms with Gasteiger partial charge in [0.05, 0.1) is 0 Å². The molecule has 0 saturated heterocycles. The predicted octanol–water partition coefficient (Wildman–Crippen LogP) is 5.47. The molecule has 0 radical (unpaired) electrons. The molecule has 0 fully saturated rings. The maximum absolute atomic E-state index is 14.2. The standard InChI is InChI=1S/C41H88N14O/c1-3-48-39(46)52-31-23-15-7-11-19-27-35-54(33-25-17-9-5-13-21-29-50-37(42)43)41(56)55(34-26-18-10-6-14-22-30-51-38(44)45)36-28-20-12-8-16-24-32-53-40(47)49-4-2/h3-36H2,1-2H3,(H4,42,43,50)(H4,44,45,51)(H3,46,48,52)(H3,47,49,53). The van der Waals surface area contributed by atoms with Crippen molar-refractivity contribution in [3.05, 3.63) is 0 Å². The van der Waals surface area contributed by atoms with Crippen molar-refractivity contribution < 1.29 is 4.79 Å². The van der Waals surface area contributed by atoms with E-state index in [0.29, 0.717) is 25.0 Å². The third-order valence-electron chi connectivity index (χ3n) is 9.75. The first-order valence-corrected chi connectivity index (χ1v) is 22.4. The Balaban J connectivity index is 5.12. The van der Waals surface area contributed by atoms with Gasteiger partial charge in [-0.05, 0) is 65.2 Å². The number of hydrogen-bond acceptors (Lipinski definition) is 5. The monoisotopic (exact) mass is 793 g/mol. The number of unbranched alkanes of at least 4 members (excludes halogenated alkanes) is 20. The average Bonchev–Trinajstić information content (AvgIpc) is 3.16. The van der Waals surface area contributed by atoms with Gasteiger partial charge >= 0.3 is 6.03 Å². The molecule has 0 rings (SSSR count). The maximum Gasteiger partial charge on any atom is 0.319 e. The van der Waals surface area contributed by atoms with Crippen molar-refractivity contribution in [1.82, 2.24) is 20.4 Å². The number of nitrogens with two attached hydrogens (primary N) is 6. The fraction of sp³-hybridized carbons (Fsp3) is 0.878. The topological polar surface area (TPSA) is 253 Å². The van der Waals surface area contributed by atoms with E-state index in [-0.39, 0.29) is 18.0 Å². The smallest absolute Gasteiger partial charge is 0.319 e. The first-order chi connectivity index (χ1) is 27.2. The molecule has 14 N–H and O–H groups in total. The molecule has 0 unspecified atom stereocenters. The Kier molecular flexibility index (Phi) is 37.0. The summed E-state index contributed by atoms with van der Waals surface area (Å²) in [5.41, 5.74) is 33.5. The summed E-state index contributed by atoms with van der Waals surface area (Å²) in [6.07, 6.45) is 26.8. The van der Waals surface area contributed by atoms with Crippen LogP contribution in [0.4, 0.5) is 4.79 Å². The van der Waals surface area contributed by atoms with E-state index in [9.17, 15) is 4.79 Å². The summed E-state index contributed by atoms with van der Waals surface area (Å²) in [7, 11) is 0. The molecule has 0 bridgehead atoms. The van der Waals surface area contributed by atoms with Crippen molar-refractivity contribution in [2.45, 2.75) is 168 Å². The van der Waals surface area contributed by atoms with Gasteiger partial charge < -0.3 is 54.8 Å². The van der Waals surface area contributed by atoms with Crippen molar-refractivity contribution >= 4 is 29.9 Å². The molecule has 0 spiro atoms. The van der Waals surface area contributed by atoms with Gasteiger partial charge in [0.15, 0.2) is 23.8 Å². The molecule has 0 aliphatic carbocycles. The molecule has 15 nitrogen and oxygen atoms in total. The van der Waals surface area contributed by atoms with Crippen molar-refractivity contribution in [3.63, 3.8) is 0 Å². The first kappa shape index (κ1) is 52.3. The van der Waals surface area contributed by atoms with Gasteiger partial charge in [-0.25, -0.2) is 4.79 Å². The highest BCUT2D eigenvalue weighted by Gasteiger charge is 2.20. The van der Waals surface area contributed by atoms with E-state index in [1.54, 1.807) is 0 Å². The Morgan fingerprint density at radius 2 is 0.607 bits per heavy atom. The van der Waals surface area contributed by atoms with E-state index in [4.69, 9.17) is 34.4 Å². The lowest BCUT2D eigenvalue weighted by molar-refractivity contribution is 0.148. The fourth-order valence-electron chi connectivity index (χ4n) is 6.58. The summed E-state index contributed by atoms with van der Waals surface area (Å²) < 4.78 is 0. The second-order valence-corrected chi connectivity index (χ2v) is 14.9. The van der Waals surface area contributed by atoms with E-state index in [1.807, 2.05) is 13.8 Å². The molecule has 0 aromatic rings. The lowest BCUT2D eigenvalue weighted by atomic mass is 10.1. The minimum absolute atomic E-state index is 0.166. The maximum atomic E-state index is 14.2. The number of rotatable bonds is 38. The third-order valence-corrected chi connectivity index (χ3v) is 9.75. The van der Waals surface area contributed by atoms with Gasteiger partial charge in [-0.15, -0.1) is 0 Å². The zero-order valence-corrected chi connectivity index (χ0v) is 36.1. The van der Waals surface area contributed by atoms with Crippen LogP contribution in [0, 0.1) is 0 Å². The van der Waals surface area contributed by atoms with Crippen LogP contribution in [0.2, 0.25) is 0 Å². The normalized spacial score (nSPS) is 11.7. The molecule has 0 saturated carbocycles. The van der Waals surface area contributed by atoms with Gasteiger partial charge in [0, 0.05) is 65.4 Å². The molecule has 2 amide bonds. The summed E-state index contributed by atoms with van der Waals surface area (Å²) in [5, 5.41) is 6.10. The van der Waals surface area contributed by atoms with Crippen molar-refractivity contribution in [3.8, 4) is 0 Å². The number of amides is 2. The molecule has 15 heteroatoms. The third kappa shape index (κ3) is 36.0. The van der Waals surface area contributed by atoms with Crippen LogP contribution in [0.1, 0.15) is 168 Å². The molecule has 0 heterocycles. The highest BCUT2D eigenvalue weighted by atomic mass is 16.2. The Labute approximate surface area is 342 Å². The number of guanidine groups is 4. The number of urea groups is 1. The SMILES string of the molecule is CCNC(N)=NCCCCCCCCN(CCCCCCCCN=C(N)N)C(=O)N(CCCCCCCCN=C(N)N)CCCCCCCCN=C(N)NCC. The summed E-state index contributed by atoms with van der Waals surface area (Å²) in [5.74, 6) is 1.40. The molecule has 0 aromatic carbocycles. The average molecular weight is 793 g/mol. The second-order valence-electron chi connectivity index (χ2n) is 14.9. The van der Waals surface area contributed by atoms with Crippen molar-refractivity contribution in [1.29, 1.82) is 0 Å². The van der Waals surface area contributed by atoms with Gasteiger partial charge in [0.25, 0.3) is 0 Å². The predicted molar refractivity (Wildman–Crippen MR) is 241 cm³/mol. The van der Waals surface area contributed by atoms with Crippen LogP contribution in [0.3, 0.4) is 0 Å². The van der Waals surface area contributed by atoms with E-state index < -0.39 is 0 Å². The van der Waals surface area contributed by atoms with Crippen LogP contribution in [0.5, 0.6) is 0 Å². The van der Waals surface area contributed by atoms with E-state index in [2.05, 4.69) is 40.4 Å². The van der Waals surface area contributed by atoms with Crippen LogP contribution >= 0.6 is 0 Å². The number of hydrogen-bond donors (Lipinski definition) is 8. The number of aliphatic imine (C=N–C) groups is 4. The van der Waals surface area contributed by atoms with Gasteiger partial charge in [0.1, 0.15) is 0 Å². The van der Waals surface area contributed by atoms with E-state index >= 15 is 0 Å². The Morgan fingerprint density at radius 1 is 0.375 bits per heavy atom. The minimum atomic E-state index is 0.166. The first-order valence-electron chi connectivity index (χ1n) is 22.4. The molecule has 0 aliphatic heterocycles. The number of carbonyl (C=O) groups is 1. The van der Waals surface area contributed by atoms with Gasteiger partial charge in [0.2, 0.25) is 0 Å². The van der Waals surface area contributed by atoms with Gasteiger partial charge in [-0.3, -0.25) is 20.0 Å².